The van der Waals surface area contributed by atoms with Crippen LogP contribution in [0, 0.1) is 24.1 Å². The monoisotopic (exact) mass is 542 g/mol. The first kappa shape index (κ1) is 27.2. The van der Waals surface area contributed by atoms with Crippen LogP contribution in [0.25, 0.3) is 16.8 Å². The summed E-state index contributed by atoms with van der Waals surface area (Å²) in [5.41, 5.74) is 4.10. The second-order valence-corrected chi connectivity index (χ2v) is 9.54. The fourth-order valence-electron chi connectivity index (χ4n) is 4.27. The molecule has 5 rings (SSSR count). The zero-order valence-electron chi connectivity index (χ0n) is 22.4. The Morgan fingerprint density at radius 2 is 1.49 bits per heavy atom. The fourth-order valence-corrected chi connectivity index (χ4v) is 4.27. The van der Waals surface area contributed by atoms with Crippen molar-refractivity contribution in [1.29, 1.82) is 5.26 Å². The van der Waals surface area contributed by atoms with Crippen molar-refractivity contribution in [3.05, 3.63) is 143 Å². The zero-order valence-corrected chi connectivity index (χ0v) is 22.4. The van der Waals surface area contributed by atoms with Crippen molar-refractivity contribution in [3.63, 3.8) is 0 Å². The summed E-state index contributed by atoms with van der Waals surface area (Å²) in [7, 11) is 0. The molecule has 202 valence electrons. The average molecular weight is 543 g/mol. The van der Waals surface area contributed by atoms with Gasteiger partial charge in [-0.25, -0.2) is 4.39 Å². The number of nitriles is 1. The smallest absolute Gasteiger partial charge is 0.266 e. The van der Waals surface area contributed by atoms with E-state index in [0.29, 0.717) is 29.4 Å². The van der Waals surface area contributed by atoms with Gasteiger partial charge in [-0.1, -0.05) is 72.3 Å². The minimum absolute atomic E-state index is 0.0762. The second kappa shape index (κ2) is 12.6. The molecule has 41 heavy (non-hydrogen) atoms. The number of hydrogen-bond acceptors (Lipinski definition) is 4. The number of ether oxygens (including phenoxy) is 2. The van der Waals surface area contributed by atoms with Gasteiger partial charge in [0.1, 0.15) is 42.2 Å². The van der Waals surface area contributed by atoms with Crippen molar-refractivity contribution in [2.24, 2.45) is 0 Å². The number of benzene rings is 5. The highest BCUT2D eigenvalue weighted by Gasteiger charge is 2.14. The van der Waals surface area contributed by atoms with Gasteiger partial charge >= 0.3 is 0 Å². The maximum atomic E-state index is 13.3. The maximum Gasteiger partial charge on any atom is 0.266 e. The molecule has 0 radical (unpaired) electrons. The van der Waals surface area contributed by atoms with Crippen LogP contribution in [0.2, 0.25) is 0 Å². The first-order chi connectivity index (χ1) is 20.0. The van der Waals surface area contributed by atoms with Crippen LogP contribution in [-0.2, 0) is 18.0 Å². The normalized spacial score (nSPS) is 11.1. The number of halogens is 1. The Morgan fingerprint density at radius 3 is 2.20 bits per heavy atom. The molecule has 0 saturated heterocycles. The highest BCUT2D eigenvalue weighted by molar-refractivity contribution is 6.11. The third-order valence-corrected chi connectivity index (χ3v) is 6.53. The molecular weight excluding hydrogens is 515 g/mol. The summed E-state index contributed by atoms with van der Waals surface area (Å²) in [5.74, 6) is 0.303. The van der Waals surface area contributed by atoms with Gasteiger partial charge in [0.2, 0.25) is 0 Å². The molecule has 5 aromatic rings. The molecule has 0 unspecified atom stereocenters. The summed E-state index contributed by atoms with van der Waals surface area (Å²) in [6.07, 6.45) is 1.54. The molecule has 5 nitrogen and oxygen atoms in total. The van der Waals surface area contributed by atoms with Crippen molar-refractivity contribution in [2.75, 3.05) is 5.32 Å². The lowest BCUT2D eigenvalue weighted by molar-refractivity contribution is -0.112. The molecule has 0 fully saturated rings. The van der Waals surface area contributed by atoms with Gasteiger partial charge in [-0.3, -0.25) is 4.79 Å². The molecule has 0 aliphatic carbocycles. The SMILES string of the molecule is Cc1ccc(COc2ccc(NC(=O)/C(C#N)=C/c3c(OCc4ccc(F)cc4)ccc4ccccc34)cc2)cc1. The molecule has 6 heteroatoms. The molecule has 0 aliphatic heterocycles. The Balaban J connectivity index is 1.33. The van der Waals surface area contributed by atoms with Crippen molar-refractivity contribution in [3.8, 4) is 17.6 Å². The Hall–Kier alpha value is -5.41. The summed E-state index contributed by atoms with van der Waals surface area (Å²) >= 11 is 0. The highest BCUT2D eigenvalue weighted by Crippen LogP contribution is 2.31. The van der Waals surface area contributed by atoms with Gasteiger partial charge in [-0.2, -0.15) is 5.26 Å². The van der Waals surface area contributed by atoms with Crippen LogP contribution in [0.3, 0.4) is 0 Å². The van der Waals surface area contributed by atoms with E-state index in [1.54, 1.807) is 42.5 Å². The Labute approximate surface area is 238 Å². The molecule has 0 atom stereocenters. The Kier molecular flexibility index (Phi) is 8.37. The van der Waals surface area contributed by atoms with E-state index in [9.17, 15) is 14.4 Å². The van der Waals surface area contributed by atoms with E-state index >= 15 is 0 Å². The topological polar surface area (TPSA) is 71.3 Å². The first-order valence-corrected chi connectivity index (χ1v) is 13.1. The summed E-state index contributed by atoms with van der Waals surface area (Å²) in [6.45, 7) is 2.67. The average Bonchev–Trinajstić information content (AvgIpc) is 3.00. The van der Waals surface area contributed by atoms with Gasteiger partial charge in [-0.15, -0.1) is 0 Å². The first-order valence-electron chi connectivity index (χ1n) is 13.1. The minimum Gasteiger partial charge on any atom is -0.489 e. The quantitative estimate of drug-likeness (QED) is 0.151. The van der Waals surface area contributed by atoms with Crippen LogP contribution in [-0.4, -0.2) is 5.91 Å². The van der Waals surface area contributed by atoms with E-state index in [1.165, 1.54) is 23.8 Å². The molecule has 1 amide bonds. The van der Waals surface area contributed by atoms with E-state index in [1.807, 2.05) is 67.6 Å². The summed E-state index contributed by atoms with van der Waals surface area (Å²) in [4.78, 5) is 13.1. The zero-order chi connectivity index (χ0) is 28.6. The molecule has 0 heterocycles. The lowest BCUT2D eigenvalue weighted by Crippen LogP contribution is -2.13. The number of aryl methyl sites for hydroxylation is 1. The molecule has 5 aromatic carbocycles. The number of amides is 1. The third kappa shape index (κ3) is 6.97. The number of anilines is 1. The number of hydrogen-bond donors (Lipinski definition) is 1. The van der Waals surface area contributed by atoms with E-state index < -0.39 is 5.91 Å². The lowest BCUT2D eigenvalue weighted by Gasteiger charge is -2.13. The molecule has 0 bridgehead atoms. The molecule has 0 aliphatic rings. The Morgan fingerprint density at radius 1 is 0.829 bits per heavy atom. The minimum atomic E-state index is -0.543. The molecule has 1 N–H and O–H groups in total. The molecule has 0 aromatic heterocycles. The highest BCUT2D eigenvalue weighted by atomic mass is 19.1. The van der Waals surface area contributed by atoms with E-state index in [0.717, 1.165) is 21.9 Å². The van der Waals surface area contributed by atoms with E-state index in [4.69, 9.17) is 9.47 Å². The lowest BCUT2D eigenvalue weighted by atomic mass is 10.0. The summed E-state index contributed by atoms with van der Waals surface area (Å²) in [5, 5.41) is 14.5. The number of rotatable bonds is 9. The number of carbonyl (C=O) groups is 1. The molecule has 0 saturated carbocycles. The van der Waals surface area contributed by atoms with Gasteiger partial charge in [0.15, 0.2) is 0 Å². The van der Waals surface area contributed by atoms with Crippen LogP contribution in [0.4, 0.5) is 10.1 Å². The number of fused-ring (bicyclic) bond motifs is 1. The van der Waals surface area contributed by atoms with Gasteiger partial charge in [-0.05, 0) is 77.4 Å². The third-order valence-electron chi connectivity index (χ3n) is 6.53. The largest absolute Gasteiger partial charge is 0.489 e. The van der Waals surface area contributed by atoms with Crippen LogP contribution in [0.5, 0.6) is 11.5 Å². The van der Waals surface area contributed by atoms with Crippen molar-refractivity contribution in [2.45, 2.75) is 20.1 Å². The van der Waals surface area contributed by atoms with Crippen molar-refractivity contribution in [1.82, 2.24) is 0 Å². The van der Waals surface area contributed by atoms with Crippen LogP contribution >= 0.6 is 0 Å². The predicted octanol–water partition coefficient (Wildman–Crippen LogP) is 7.99. The second-order valence-electron chi connectivity index (χ2n) is 9.54. The standard InChI is InChI=1S/C35H27FN2O3/c1-24-6-8-25(9-7-24)22-40-31-17-15-30(16-18-31)38-35(39)28(21-37)20-33-32-5-3-2-4-27(32)12-19-34(33)41-23-26-10-13-29(36)14-11-26/h2-20H,22-23H2,1H3,(H,38,39)/b28-20+. The number of nitrogens with zero attached hydrogens (tertiary/aromatic N) is 1. The summed E-state index contributed by atoms with van der Waals surface area (Å²) < 4.78 is 25.2. The fraction of sp³-hybridized carbons (Fsp3) is 0.0857. The van der Waals surface area contributed by atoms with Gasteiger partial charge in [0.05, 0.1) is 0 Å². The number of nitrogens with one attached hydrogen (secondary N) is 1. The summed E-state index contributed by atoms with van der Waals surface area (Å²) in [6, 6.07) is 34.6. The van der Waals surface area contributed by atoms with Gasteiger partial charge < -0.3 is 14.8 Å². The van der Waals surface area contributed by atoms with Crippen molar-refractivity contribution >= 4 is 28.4 Å². The Bertz CT molecular complexity index is 1740. The van der Waals surface area contributed by atoms with Crippen LogP contribution in [0.15, 0.2) is 115 Å². The van der Waals surface area contributed by atoms with Gasteiger partial charge in [0.25, 0.3) is 5.91 Å². The van der Waals surface area contributed by atoms with Gasteiger partial charge in [0, 0.05) is 11.3 Å². The van der Waals surface area contributed by atoms with Crippen LogP contribution in [0.1, 0.15) is 22.3 Å². The molecular formula is C35H27FN2O3. The van der Waals surface area contributed by atoms with Crippen LogP contribution < -0.4 is 14.8 Å². The van der Waals surface area contributed by atoms with E-state index in [-0.39, 0.29) is 18.0 Å². The number of carbonyl (C=O) groups excluding carboxylic acids is 1. The predicted molar refractivity (Wildman–Crippen MR) is 159 cm³/mol. The maximum absolute atomic E-state index is 13.3. The molecule has 0 spiro atoms. The van der Waals surface area contributed by atoms with Crippen molar-refractivity contribution < 1.29 is 18.7 Å². The van der Waals surface area contributed by atoms with E-state index in [2.05, 4.69) is 5.32 Å².